The van der Waals surface area contributed by atoms with Crippen LogP contribution in [0.2, 0.25) is 0 Å². The van der Waals surface area contributed by atoms with Crippen LogP contribution in [0.15, 0.2) is 29.0 Å². The summed E-state index contributed by atoms with van der Waals surface area (Å²) >= 11 is 0. The maximum Gasteiger partial charge on any atom is 0.227 e. The number of hydrogen-bond donors (Lipinski definition) is 0. The average molecular weight is 364 g/mol. The number of furan rings is 1. The smallest absolute Gasteiger partial charge is 0.227 e. The maximum absolute atomic E-state index is 13.1. The molecule has 0 aliphatic carbocycles. The summed E-state index contributed by atoms with van der Waals surface area (Å²) in [5, 5.41) is 9.40. The zero-order chi connectivity index (χ0) is 18.8. The molecule has 0 N–H and O–H groups in total. The molecule has 2 aromatic heterocycles. The van der Waals surface area contributed by atoms with E-state index in [1.165, 1.54) is 0 Å². The predicted octanol–water partition coefficient (Wildman–Crippen LogP) is 2.65. The standard InChI is InChI=1S/C21H24N4O2/c1-15-20(10-22)19-6-8-25(13-17(19)11-23-15)21(26)16-4-2-7-24(12-16)14-18-5-3-9-27-18/h3,5,9,11,16H,2,4,6-8,12-14H2,1H3/t16-/m1/s1. The van der Waals surface area contributed by atoms with Crippen LogP contribution in [0.25, 0.3) is 0 Å². The fourth-order valence-electron chi connectivity index (χ4n) is 4.27. The van der Waals surface area contributed by atoms with Crippen LogP contribution in [0, 0.1) is 24.2 Å². The summed E-state index contributed by atoms with van der Waals surface area (Å²) in [6, 6.07) is 6.16. The van der Waals surface area contributed by atoms with E-state index in [2.05, 4.69) is 16.0 Å². The van der Waals surface area contributed by atoms with Gasteiger partial charge in [0.25, 0.3) is 0 Å². The number of carbonyl (C=O) groups excluding carboxylic acids is 1. The number of fused-ring (bicyclic) bond motifs is 1. The number of hydrogen-bond acceptors (Lipinski definition) is 5. The molecule has 1 saturated heterocycles. The highest BCUT2D eigenvalue weighted by atomic mass is 16.3. The number of nitrogens with zero attached hydrogens (tertiary/aromatic N) is 4. The summed E-state index contributed by atoms with van der Waals surface area (Å²) in [7, 11) is 0. The van der Waals surface area contributed by atoms with Crippen molar-refractivity contribution in [2.24, 2.45) is 5.92 Å². The first-order valence-electron chi connectivity index (χ1n) is 9.56. The van der Waals surface area contributed by atoms with E-state index in [4.69, 9.17) is 4.42 Å². The van der Waals surface area contributed by atoms with Crippen LogP contribution >= 0.6 is 0 Å². The Bertz CT molecular complexity index is 869. The molecule has 0 radical (unpaired) electrons. The molecular weight excluding hydrogens is 340 g/mol. The van der Waals surface area contributed by atoms with Gasteiger partial charge in [0.2, 0.25) is 5.91 Å². The average Bonchev–Trinajstić information content (AvgIpc) is 3.20. The quantitative estimate of drug-likeness (QED) is 0.837. The first-order valence-corrected chi connectivity index (χ1v) is 9.56. The number of aryl methyl sites for hydroxylation is 1. The van der Waals surface area contributed by atoms with Gasteiger partial charge >= 0.3 is 0 Å². The van der Waals surface area contributed by atoms with Gasteiger partial charge in [0.15, 0.2) is 0 Å². The van der Waals surface area contributed by atoms with Gasteiger partial charge in [0, 0.05) is 25.8 Å². The van der Waals surface area contributed by atoms with Gasteiger partial charge < -0.3 is 9.32 Å². The highest BCUT2D eigenvalue weighted by Crippen LogP contribution is 2.27. The van der Waals surface area contributed by atoms with E-state index >= 15 is 0 Å². The number of likely N-dealkylation sites (tertiary alicyclic amines) is 1. The highest BCUT2D eigenvalue weighted by molar-refractivity contribution is 5.79. The van der Waals surface area contributed by atoms with Gasteiger partial charge in [-0.05, 0) is 56.0 Å². The number of aromatic nitrogens is 1. The number of nitriles is 1. The van der Waals surface area contributed by atoms with Crippen LogP contribution in [0.4, 0.5) is 0 Å². The molecule has 6 heteroatoms. The van der Waals surface area contributed by atoms with E-state index in [0.29, 0.717) is 18.7 Å². The lowest BCUT2D eigenvalue weighted by molar-refractivity contribution is -0.138. The van der Waals surface area contributed by atoms with Crippen molar-refractivity contribution in [2.45, 2.75) is 39.3 Å². The van der Waals surface area contributed by atoms with E-state index < -0.39 is 0 Å². The molecule has 2 aliphatic rings. The van der Waals surface area contributed by atoms with Crippen molar-refractivity contribution in [3.63, 3.8) is 0 Å². The lowest BCUT2D eigenvalue weighted by Gasteiger charge is -2.36. The Kier molecular flexibility index (Phi) is 4.95. The van der Waals surface area contributed by atoms with Gasteiger partial charge in [-0.2, -0.15) is 5.26 Å². The van der Waals surface area contributed by atoms with E-state index in [9.17, 15) is 10.1 Å². The maximum atomic E-state index is 13.1. The van der Waals surface area contributed by atoms with Gasteiger partial charge in [-0.25, -0.2) is 0 Å². The topological polar surface area (TPSA) is 73.4 Å². The molecule has 0 aromatic carbocycles. The summed E-state index contributed by atoms with van der Waals surface area (Å²) in [4.78, 5) is 21.7. The molecule has 0 saturated carbocycles. The number of carbonyl (C=O) groups is 1. The van der Waals surface area contributed by atoms with Crippen LogP contribution in [0.5, 0.6) is 0 Å². The molecular formula is C21H24N4O2. The minimum Gasteiger partial charge on any atom is -0.468 e. The second-order valence-electron chi connectivity index (χ2n) is 7.50. The lowest BCUT2D eigenvalue weighted by atomic mass is 9.92. The van der Waals surface area contributed by atoms with Crippen molar-refractivity contribution in [1.82, 2.24) is 14.8 Å². The number of rotatable bonds is 3. The van der Waals surface area contributed by atoms with Crippen LogP contribution in [-0.2, 0) is 24.3 Å². The number of piperidine rings is 1. The second-order valence-corrected chi connectivity index (χ2v) is 7.50. The van der Waals surface area contributed by atoms with Crippen LogP contribution in [-0.4, -0.2) is 40.3 Å². The second kappa shape index (κ2) is 7.53. The van der Waals surface area contributed by atoms with Crippen molar-refractivity contribution < 1.29 is 9.21 Å². The summed E-state index contributed by atoms with van der Waals surface area (Å²) < 4.78 is 5.45. The third-order valence-electron chi connectivity index (χ3n) is 5.70. The first kappa shape index (κ1) is 17.7. The Hall–Kier alpha value is -2.65. The molecule has 2 aliphatic heterocycles. The molecule has 0 bridgehead atoms. The molecule has 6 nitrogen and oxygen atoms in total. The molecule has 140 valence electrons. The molecule has 1 atom stereocenters. The third kappa shape index (κ3) is 3.60. The monoisotopic (exact) mass is 364 g/mol. The van der Waals surface area contributed by atoms with Crippen molar-refractivity contribution in [2.75, 3.05) is 19.6 Å². The van der Waals surface area contributed by atoms with Crippen LogP contribution in [0.1, 0.15) is 41.0 Å². The Morgan fingerprint density at radius 1 is 1.44 bits per heavy atom. The minimum atomic E-state index is 0.0316. The fourth-order valence-corrected chi connectivity index (χ4v) is 4.27. The Labute approximate surface area is 159 Å². The van der Waals surface area contributed by atoms with Crippen molar-refractivity contribution >= 4 is 5.91 Å². The normalized spacial score (nSPS) is 20.1. The highest BCUT2D eigenvalue weighted by Gasteiger charge is 2.32. The summed E-state index contributed by atoms with van der Waals surface area (Å²) in [5.74, 6) is 1.20. The largest absolute Gasteiger partial charge is 0.468 e. The zero-order valence-corrected chi connectivity index (χ0v) is 15.6. The van der Waals surface area contributed by atoms with E-state index in [1.807, 2.05) is 30.2 Å². The Morgan fingerprint density at radius 3 is 3.11 bits per heavy atom. The van der Waals surface area contributed by atoms with Gasteiger partial charge in [0.1, 0.15) is 11.8 Å². The first-order chi connectivity index (χ1) is 13.2. The zero-order valence-electron chi connectivity index (χ0n) is 15.6. The summed E-state index contributed by atoms with van der Waals surface area (Å²) in [6.45, 7) is 5.64. The van der Waals surface area contributed by atoms with Gasteiger partial charge in [-0.1, -0.05) is 0 Å². The lowest BCUT2D eigenvalue weighted by Crippen LogP contribution is -2.46. The summed E-state index contributed by atoms with van der Waals surface area (Å²) in [5.41, 5.74) is 3.54. The minimum absolute atomic E-state index is 0.0316. The van der Waals surface area contributed by atoms with E-state index in [-0.39, 0.29) is 11.8 Å². The third-order valence-corrected chi connectivity index (χ3v) is 5.70. The van der Waals surface area contributed by atoms with Gasteiger partial charge in [-0.15, -0.1) is 0 Å². The molecule has 4 heterocycles. The molecule has 0 spiro atoms. The predicted molar refractivity (Wildman–Crippen MR) is 99.5 cm³/mol. The molecule has 0 unspecified atom stereocenters. The van der Waals surface area contributed by atoms with Gasteiger partial charge in [0.05, 0.1) is 30.0 Å². The molecule has 4 rings (SSSR count). The van der Waals surface area contributed by atoms with Crippen molar-refractivity contribution in [3.8, 4) is 6.07 Å². The van der Waals surface area contributed by atoms with Crippen molar-refractivity contribution in [1.29, 1.82) is 5.26 Å². The van der Waals surface area contributed by atoms with Gasteiger partial charge in [-0.3, -0.25) is 14.7 Å². The Balaban J connectivity index is 1.43. The molecule has 1 fully saturated rings. The molecule has 27 heavy (non-hydrogen) atoms. The van der Waals surface area contributed by atoms with Crippen LogP contribution < -0.4 is 0 Å². The SMILES string of the molecule is Cc1ncc2c(c1C#N)CCN(C(=O)[C@@H]1CCCN(Cc3ccco3)C1)C2. The number of pyridine rings is 1. The Morgan fingerprint density at radius 2 is 2.33 bits per heavy atom. The molecule has 2 aromatic rings. The van der Waals surface area contributed by atoms with Crippen LogP contribution in [0.3, 0.4) is 0 Å². The van der Waals surface area contributed by atoms with E-state index in [1.54, 1.807) is 6.26 Å². The molecule has 1 amide bonds. The number of amides is 1. The fraction of sp³-hybridized carbons (Fsp3) is 0.476. The van der Waals surface area contributed by atoms with E-state index in [0.717, 1.165) is 61.5 Å². The van der Waals surface area contributed by atoms with Crippen molar-refractivity contribution in [3.05, 3.63) is 52.7 Å². The summed E-state index contributed by atoms with van der Waals surface area (Å²) in [6.07, 6.45) is 6.22.